The quantitative estimate of drug-likeness (QED) is 0.111. The van der Waals surface area contributed by atoms with Crippen molar-refractivity contribution in [2.45, 2.75) is 112 Å². The third kappa shape index (κ3) is 9.37. The fourth-order valence-corrected chi connectivity index (χ4v) is 24.6. The fourth-order valence-electron chi connectivity index (χ4n) is 5.62. The van der Waals surface area contributed by atoms with Gasteiger partial charge in [0.05, 0.1) is 0 Å². The Balaban J connectivity index is 3.03. The normalized spacial score (nSPS) is 12.7. The minimum absolute atomic E-state index is 0.0716. The summed E-state index contributed by atoms with van der Waals surface area (Å²) in [5.74, 6) is 3.57. The molecule has 0 aliphatic carbocycles. The fraction of sp³-hybridized carbons (Fsp3) is 0.611. The van der Waals surface area contributed by atoms with E-state index in [4.69, 9.17) is 23.4 Å². The van der Waals surface area contributed by atoms with Crippen LogP contribution in [0.2, 0.25) is 31.4 Å². The van der Waals surface area contributed by atoms with Crippen LogP contribution in [-0.2, 0) is 0 Å². The van der Waals surface area contributed by atoms with Gasteiger partial charge in [0.25, 0.3) is 0 Å². The van der Waals surface area contributed by atoms with Gasteiger partial charge in [0.2, 0.25) is 0 Å². The molecule has 0 bridgehead atoms. The molecular formula is C36H59BrO5SiSn. The van der Waals surface area contributed by atoms with Crippen molar-refractivity contribution < 1.29 is 23.4 Å². The van der Waals surface area contributed by atoms with Crippen LogP contribution in [0.5, 0.6) is 28.7 Å². The van der Waals surface area contributed by atoms with Gasteiger partial charge < -0.3 is 0 Å². The molecule has 0 spiro atoms. The van der Waals surface area contributed by atoms with Crippen molar-refractivity contribution in [3.8, 4) is 28.7 Å². The summed E-state index contributed by atoms with van der Waals surface area (Å²) >= 11 is 0.928. The Bertz CT molecular complexity index is 1220. The van der Waals surface area contributed by atoms with Crippen molar-refractivity contribution >= 4 is 52.3 Å². The summed E-state index contributed by atoms with van der Waals surface area (Å²) in [4.78, 5) is 0. The molecule has 0 saturated carbocycles. The van der Waals surface area contributed by atoms with Gasteiger partial charge in [-0.3, -0.25) is 0 Å². The standard InChI is InChI=1S/C24H32BrO5Si.3C4H9.Sn/c1-24(2,3)31(8,9)30-19-14-16(11-13-18(19)26-4)10-12-17-15-20(27-5)22(28-6)23(29-7)21(17)25;3*1-3-4-2;/h10-11,13-15H,1-9H3;3*1,3-4H2,2H3;. The van der Waals surface area contributed by atoms with E-state index in [0.29, 0.717) is 17.2 Å². The maximum absolute atomic E-state index is 6.86. The van der Waals surface area contributed by atoms with E-state index < -0.39 is 26.7 Å². The van der Waals surface area contributed by atoms with Gasteiger partial charge in [0, 0.05) is 0 Å². The molecule has 8 heteroatoms. The van der Waals surface area contributed by atoms with E-state index in [1.165, 1.54) is 61.0 Å². The monoisotopic (exact) mass is 798 g/mol. The number of unbranched alkanes of at least 4 members (excludes halogenated alkanes) is 3. The molecule has 0 N–H and O–H groups in total. The van der Waals surface area contributed by atoms with Crippen LogP contribution < -0.4 is 23.4 Å². The SMILES string of the molecule is CCC[CH2][Sn]([CH2]CCC)([CH2]CCC)/[C](=C/c1ccc(OC)c(O[Si](C)(C)C(C)(C)C)c1)c1cc(OC)c(OC)c(OC)c1Br. The zero-order chi connectivity index (χ0) is 33.1. The summed E-state index contributed by atoms with van der Waals surface area (Å²) < 4.78 is 36.7. The average Bonchev–Trinajstić information content (AvgIpc) is 2.99. The molecule has 0 radical (unpaired) electrons. The van der Waals surface area contributed by atoms with Gasteiger partial charge in [0.15, 0.2) is 0 Å². The van der Waals surface area contributed by atoms with Crippen LogP contribution in [0.1, 0.15) is 91.2 Å². The van der Waals surface area contributed by atoms with E-state index in [-0.39, 0.29) is 5.04 Å². The van der Waals surface area contributed by atoms with Gasteiger partial charge in [-0.25, -0.2) is 0 Å². The summed E-state index contributed by atoms with van der Waals surface area (Å²) in [6.07, 6.45) is 9.84. The third-order valence-electron chi connectivity index (χ3n) is 9.33. The molecule has 0 amide bonds. The first-order valence-electron chi connectivity index (χ1n) is 16.4. The molecular weight excluding hydrogens is 739 g/mol. The number of ether oxygens (including phenoxy) is 4. The number of methoxy groups -OCH3 is 4. The Kier molecular flexibility index (Phi) is 15.5. The molecule has 2 rings (SSSR count). The second-order valence-corrected chi connectivity index (χ2v) is 32.1. The van der Waals surface area contributed by atoms with Crippen molar-refractivity contribution in [1.82, 2.24) is 0 Å². The van der Waals surface area contributed by atoms with Crippen molar-refractivity contribution in [3.63, 3.8) is 0 Å². The summed E-state index contributed by atoms with van der Waals surface area (Å²) in [5, 5.41) is 0.0716. The van der Waals surface area contributed by atoms with Crippen molar-refractivity contribution in [1.29, 1.82) is 0 Å². The van der Waals surface area contributed by atoms with Gasteiger partial charge in [-0.05, 0) is 0 Å². The molecule has 0 fully saturated rings. The molecule has 2 aromatic rings. The minimum atomic E-state index is -3.07. The molecule has 2 aromatic carbocycles. The zero-order valence-electron chi connectivity index (χ0n) is 29.7. The molecule has 248 valence electrons. The van der Waals surface area contributed by atoms with Crippen LogP contribution in [0, 0.1) is 0 Å². The van der Waals surface area contributed by atoms with Crippen molar-refractivity contribution in [3.05, 3.63) is 39.9 Å². The van der Waals surface area contributed by atoms with Crippen LogP contribution in [0.3, 0.4) is 0 Å². The number of hydrogen-bond acceptors (Lipinski definition) is 5. The van der Waals surface area contributed by atoms with Crippen LogP contribution in [-0.4, -0.2) is 55.1 Å². The van der Waals surface area contributed by atoms with E-state index in [0.717, 1.165) is 21.5 Å². The van der Waals surface area contributed by atoms with E-state index >= 15 is 0 Å². The third-order valence-corrected chi connectivity index (χ3v) is 30.1. The number of rotatable bonds is 18. The van der Waals surface area contributed by atoms with Gasteiger partial charge in [-0.2, -0.15) is 0 Å². The van der Waals surface area contributed by atoms with Crippen LogP contribution in [0.4, 0.5) is 0 Å². The first-order valence-corrected chi connectivity index (χ1v) is 27.6. The second kappa shape index (κ2) is 17.6. The predicted molar refractivity (Wildman–Crippen MR) is 197 cm³/mol. The first-order chi connectivity index (χ1) is 20.8. The summed E-state index contributed by atoms with van der Waals surface area (Å²) in [7, 11) is 4.70. The van der Waals surface area contributed by atoms with Crippen LogP contribution in [0.25, 0.3) is 9.67 Å². The summed E-state index contributed by atoms with van der Waals surface area (Å²) in [6.45, 7) is 18.4. The van der Waals surface area contributed by atoms with Gasteiger partial charge in [-0.1, -0.05) is 0 Å². The molecule has 0 aliphatic heterocycles. The van der Waals surface area contributed by atoms with Crippen LogP contribution >= 0.6 is 15.9 Å². The Morgan fingerprint density at radius 2 is 1.27 bits per heavy atom. The maximum atomic E-state index is 6.86. The molecule has 0 aromatic heterocycles. The van der Waals surface area contributed by atoms with E-state index in [1.807, 2.05) is 0 Å². The van der Waals surface area contributed by atoms with Gasteiger partial charge in [-0.15, -0.1) is 0 Å². The Morgan fingerprint density at radius 3 is 1.70 bits per heavy atom. The van der Waals surface area contributed by atoms with Gasteiger partial charge in [0.1, 0.15) is 0 Å². The Labute approximate surface area is 282 Å². The molecule has 44 heavy (non-hydrogen) atoms. The van der Waals surface area contributed by atoms with Crippen LogP contribution in [0.15, 0.2) is 28.7 Å². The molecule has 5 nitrogen and oxygen atoms in total. The number of hydrogen-bond donors (Lipinski definition) is 0. The summed E-state index contributed by atoms with van der Waals surface area (Å²) in [6, 6.07) is 8.61. The first kappa shape index (κ1) is 38.9. The Hall–Kier alpha value is -1.32. The molecule has 0 heterocycles. The van der Waals surface area contributed by atoms with E-state index in [2.05, 4.69) is 101 Å². The second-order valence-electron chi connectivity index (χ2n) is 13.4. The van der Waals surface area contributed by atoms with Crippen molar-refractivity contribution in [2.75, 3.05) is 28.4 Å². The van der Waals surface area contributed by atoms with E-state index in [1.54, 1.807) is 28.4 Å². The average molecular weight is 799 g/mol. The van der Waals surface area contributed by atoms with E-state index in [9.17, 15) is 0 Å². The molecule has 0 unspecified atom stereocenters. The predicted octanol–water partition coefficient (Wildman–Crippen LogP) is 11.8. The van der Waals surface area contributed by atoms with Crippen molar-refractivity contribution in [2.24, 2.45) is 0 Å². The molecule has 0 saturated heterocycles. The molecule has 0 aliphatic rings. The van der Waals surface area contributed by atoms with Gasteiger partial charge >= 0.3 is 284 Å². The molecule has 0 atom stereocenters. The number of benzene rings is 2. The Morgan fingerprint density at radius 1 is 0.750 bits per heavy atom. The number of halogens is 1. The zero-order valence-corrected chi connectivity index (χ0v) is 35.1. The topological polar surface area (TPSA) is 46.2 Å². The summed E-state index contributed by atoms with van der Waals surface area (Å²) in [5.41, 5.74) is 2.31.